The van der Waals surface area contributed by atoms with Crippen LogP contribution in [0.2, 0.25) is 0 Å². The molecule has 458 valence electrons. The summed E-state index contributed by atoms with van der Waals surface area (Å²) >= 11 is 0. The van der Waals surface area contributed by atoms with Crippen molar-refractivity contribution in [2.24, 2.45) is 0 Å². The summed E-state index contributed by atoms with van der Waals surface area (Å²) in [5.41, 5.74) is 4.31. The fraction of sp³-hybridized carbons (Fsp3) is 0.536. The second-order valence-electron chi connectivity index (χ2n) is 23.7. The summed E-state index contributed by atoms with van der Waals surface area (Å²) in [5.74, 6) is 2.44. The molecule has 12 atom stereocenters. The van der Waals surface area contributed by atoms with E-state index in [9.17, 15) is 0 Å². The SMILES string of the molecule is CC(COc1cc2ccccc2c(OCC(C)OCC(C)OCC2CO2)c1C1(c2c(OCC(C)OCC(C)OCC3CO3)cc3ccccc3c2OCC(C)OCC(C)OCC2CO2)c2ccccc2-c2ccccc21)OCC(C)OCC1CO1. The number of epoxide rings is 4. The lowest BCUT2D eigenvalue weighted by atomic mass is 9.65. The summed E-state index contributed by atoms with van der Waals surface area (Å²) in [7, 11) is 0. The van der Waals surface area contributed by atoms with Crippen molar-refractivity contribution in [2.45, 2.75) is 134 Å². The van der Waals surface area contributed by atoms with Crippen LogP contribution in [0.1, 0.15) is 77.6 Å². The Kier molecular flexibility index (Phi) is 20.6. The molecule has 85 heavy (non-hydrogen) atoms. The van der Waals surface area contributed by atoms with Gasteiger partial charge in [0.05, 0.1) is 145 Å². The van der Waals surface area contributed by atoms with Crippen molar-refractivity contribution >= 4 is 21.5 Å². The Morgan fingerprint density at radius 2 is 0.635 bits per heavy atom. The first kappa shape index (κ1) is 61.2. The first-order chi connectivity index (χ1) is 41.4. The zero-order valence-corrected chi connectivity index (χ0v) is 50.7. The molecular weight excluding hydrogens is 1080 g/mol. The van der Waals surface area contributed by atoms with E-state index in [4.69, 9.17) is 75.8 Å². The van der Waals surface area contributed by atoms with Crippen molar-refractivity contribution in [1.82, 2.24) is 0 Å². The molecule has 0 aromatic heterocycles. The van der Waals surface area contributed by atoms with E-state index in [0.717, 1.165) is 81.4 Å². The van der Waals surface area contributed by atoms with Crippen LogP contribution in [0, 0.1) is 0 Å². The molecule has 4 fully saturated rings. The van der Waals surface area contributed by atoms with Gasteiger partial charge in [0.2, 0.25) is 0 Å². The van der Waals surface area contributed by atoms with E-state index >= 15 is 0 Å². The lowest BCUT2D eigenvalue weighted by Crippen LogP contribution is -2.34. The second-order valence-corrected chi connectivity index (χ2v) is 23.7. The Balaban J connectivity index is 1.07. The second kappa shape index (κ2) is 28.6. The van der Waals surface area contributed by atoms with E-state index in [-0.39, 0.29) is 99.7 Å². The van der Waals surface area contributed by atoms with E-state index < -0.39 is 5.41 Å². The minimum atomic E-state index is -1.28. The van der Waals surface area contributed by atoms with Crippen LogP contribution >= 0.6 is 0 Å². The maximum Gasteiger partial charge on any atom is 0.135 e. The van der Waals surface area contributed by atoms with Crippen LogP contribution in [0.3, 0.4) is 0 Å². The quantitative estimate of drug-likeness (QED) is 0.0336. The number of benzene rings is 6. The van der Waals surface area contributed by atoms with Crippen LogP contribution < -0.4 is 18.9 Å². The minimum absolute atomic E-state index is 0.145. The zero-order valence-electron chi connectivity index (χ0n) is 50.7. The number of hydrogen-bond donors (Lipinski definition) is 0. The van der Waals surface area contributed by atoms with E-state index in [1.807, 2.05) is 67.5 Å². The molecule has 0 amide bonds. The first-order valence-corrected chi connectivity index (χ1v) is 30.6. The molecule has 11 rings (SSSR count). The third-order valence-electron chi connectivity index (χ3n) is 15.8. The van der Waals surface area contributed by atoms with E-state index in [1.165, 1.54) is 0 Å². The number of fused-ring (bicyclic) bond motifs is 5. The topological polar surface area (TPSA) is 161 Å². The highest BCUT2D eigenvalue weighted by Gasteiger charge is 2.53. The Morgan fingerprint density at radius 1 is 0.353 bits per heavy atom. The van der Waals surface area contributed by atoms with E-state index in [1.54, 1.807) is 0 Å². The van der Waals surface area contributed by atoms with Crippen molar-refractivity contribution in [3.05, 3.63) is 131 Å². The highest BCUT2D eigenvalue weighted by Crippen LogP contribution is 2.65. The summed E-state index contributed by atoms with van der Waals surface area (Å²) in [5, 5.41) is 3.63. The van der Waals surface area contributed by atoms with Gasteiger partial charge >= 0.3 is 0 Å². The van der Waals surface area contributed by atoms with Crippen LogP contribution in [0.15, 0.2) is 109 Å². The van der Waals surface area contributed by atoms with Crippen molar-refractivity contribution in [3.8, 4) is 34.1 Å². The lowest BCUT2D eigenvalue weighted by Gasteiger charge is -2.39. The van der Waals surface area contributed by atoms with Gasteiger partial charge in [-0.2, -0.15) is 0 Å². The standard InChI is InChI=1S/C69H86O16/c1-43(74-35-53-39-78-53)27-70-47(5)31-82-63-25-51-17-9-11-19-57(51)67(84-33-49(7)72-29-45(3)76-37-55-41-80-55)65(63)69(61-23-15-13-21-59(61)60-22-14-16-24-62(60)69)66-64(83-32-48(6)71-28-44(2)75-36-54-40-79-54)26-52-18-10-12-20-58(52)68(66)85-34-50(8)73-30-46(4)77-38-56-42-81-56/h9-26,43-50,53-56H,27-42H2,1-8H3. The summed E-state index contributed by atoms with van der Waals surface area (Å²) in [6.07, 6.45) is -1.38. The molecule has 4 saturated heterocycles. The van der Waals surface area contributed by atoms with E-state index in [0.29, 0.717) is 75.9 Å². The van der Waals surface area contributed by atoms with Crippen LogP contribution in [0.25, 0.3) is 32.7 Å². The number of hydrogen-bond acceptors (Lipinski definition) is 16. The fourth-order valence-electron chi connectivity index (χ4n) is 10.9. The molecule has 16 nitrogen and oxygen atoms in total. The molecule has 0 saturated carbocycles. The molecular formula is C69H86O16. The summed E-state index contributed by atoms with van der Waals surface area (Å²) in [6, 6.07) is 38.2. The van der Waals surface area contributed by atoms with Gasteiger partial charge in [0.15, 0.2) is 0 Å². The molecule has 6 aromatic rings. The van der Waals surface area contributed by atoms with Gasteiger partial charge < -0.3 is 75.8 Å². The molecule has 4 aliphatic heterocycles. The van der Waals surface area contributed by atoms with Crippen molar-refractivity contribution < 1.29 is 75.8 Å². The lowest BCUT2D eigenvalue weighted by molar-refractivity contribution is -0.0461. The van der Waals surface area contributed by atoms with Gasteiger partial charge in [-0.1, -0.05) is 97.1 Å². The predicted molar refractivity (Wildman–Crippen MR) is 323 cm³/mol. The van der Waals surface area contributed by atoms with Gasteiger partial charge in [0.25, 0.3) is 0 Å². The number of ether oxygens (including phenoxy) is 16. The Labute approximate surface area is 500 Å². The van der Waals surface area contributed by atoms with Crippen molar-refractivity contribution in [3.63, 3.8) is 0 Å². The van der Waals surface area contributed by atoms with Gasteiger partial charge in [0.1, 0.15) is 73.8 Å². The van der Waals surface area contributed by atoms with Crippen molar-refractivity contribution in [2.75, 3.05) is 106 Å². The monoisotopic (exact) mass is 1170 g/mol. The Bertz CT molecular complexity index is 2910. The van der Waals surface area contributed by atoms with Gasteiger partial charge in [0, 0.05) is 10.8 Å². The molecule has 0 N–H and O–H groups in total. The van der Waals surface area contributed by atoms with Gasteiger partial charge in [-0.3, -0.25) is 0 Å². The zero-order chi connectivity index (χ0) is 58.9. The molecule has 5 aliphatic rings. The van der Waals surface area contributed by atoms with Crippen LogP contribution in [-0.2, 0) is 62.3 Å². The van der Waals surface area contributed by atoms with E-state index in [2.05, 4.69) is 97.1 Å². The predicted octanol–water partition coefficient (Wildman–Crippen LogP) is 10.7. The molecule has 4 heterocycles. The highest BCUT2D eigenvalue weighted by molar-refractivity contribution is 6.00. The minimum Gasteiger partial charge on any atom is -0.490 e. The third-order valence-corrected chi connectivity index (χ3v) is 15.8. The van der Waals surface area contributed by atoms with Gasteiger partial charge in [-0.25, -0.2) is 0 Å². The highest BCUT2D eigenvalue weighted by atomic mass is 16.6. The summed E-state index contributed by atoms with van der Waals surface area (Å²) < 4.78 is 102. The van der Waals surface area contributed by atoms with Crippen LogP contribution in [0.5, 0.6) is 23.0 Å². The van der Waals surface area contributed by atoms with Crippen LogP contribution in [0.4, 0.5) is 0 Å². The van der Waals surface area contributed by atoms with Gasteiger partial charge in [-0.05, 0) is 101 Å². The molecule has 0 spiro atoms. The Hall–Kier alpha value is -5.44. The fourth-order valence-corrected chi connectivity index (χ4v) is 10.9. The summed E-state index contributed by atoms with van der Waals surface area (Å²) in [4.78, 5) is 0. The third kappa shape index (κ3) is 15.8. The molecule has 0 bridgehead atoms. The van der Waals surface area contributed by atoms with Crippen molar-refractivity contribution in [1.29, 1.82) is 0 Å². The molecule has 0 radical (unpaired) electrons. The Morgan fingerprint density at radius 3 is 0.965 bits per heavy atom. The summed E-state index contributed by atoms with van der Waals surface area (Å²) in [6.45, 7) is 23.6. The molecule has 1 aliphatic carbocycles. The smallest absolute Gasteiger partial charge is 0.135 e. The average Bonchev–Trinajstić information content (AvgIpc) is 1.72. The first-order valence-electron chi connectivity index (χ1n) is 30.6. The average molecular weight is 1170 g/mol. The number of rotatable bonds is 38. The molecule has 12 unspecified atom stereocenters. The normalized spacial score (nSPS) is 21.7. The molecule has 16 heteroatoms. The maximum atomic E-state index is 7.48. The van der Waals surface area contributed by atoms with Crippen LogP contribution in [-0.4, -0.2) is 179 Å². The molecule has 6 aromatic carbocycles. The maximum absolute atomic E-state index is 7.48. The largest absolute Gasteiger partial charge is 0.490 e. The van der Waals surface area contributed by atoms with Gasteiger partial charge in [-0.15, -0.1) is 0 Å².